The van der Waals surface area contributed by atoms with Gasteiger partial charge in [-0.25, -0.2) is 0 Å². The van der Waals surface area contributed by atoms with Crippen LogP contribution in [-0.2, 0) is 0 Å². The maximum absolute atomic E-state index is 9.89. The Labute approximate surface area is 77.9 Å². The molecule has 1 aromatic heterocycles. The van der Waals surface area contributed by atoms with Gasteiger partial charge in [0.15, 0.2) is 0 Å². The highest BCUT2D eigenvalue weighted by Gasteiger charge is 2.21. The number of furan rings is 1. The van der Waals surface area contributed by atoms with Crippen molar-refractivity contribution in [3.63, 3.8) is 0 Å². The van der Waals surface area contributed by atoms with Crippen molar-refractivity contribution in [3.05, 3.63) is 36.3 Å². The monoisotopic (exact) mass is 178 g/mol. The van der Waals surface area contributed by atoms with Crippen LogP contribution in [0.3, 0.4) is 0 Å². The first-order valence-electron chi connectivity index (χ1n) is 4.76. The summed E-state index contributed by atoms with van der Waals surface area (Å²) in [6.07, 6.45) is 8.73. The van der Waals surface area contributed by atoms with Crippen LogP contribution in [0.25, 0.3) is 0 Å². The normalized spacial score (nSPS) is 24.5. The molecule has 0 radical (unpaired) electrons. The third kappa shape index (κ3) is 1.83. The summed E-state index contributed by atoms with van der Waals surface area (Å²) in [6.45, 7) is 0. The van der Waals surface area contributed by atoms with E-state index in [1.165, 1.54) is 6.42 Å². The zero-order valence-corrected chi connectivity index (χ0v) is 7.52. The van der Waals surface area contributed by atoms with Crippen molar-refractivity contribution < 1.29 is 9.52 Å². The summed E-state index contributed by atoms with van der Waals surface area (Å²) in [4.78, 5) is 0. The van der Waals surface area contributed by atoms with E-state index in [2.05, 4.69) is 12.2 Å². The highest BCUT2D eigenvalue weighted by atomic mass is 16.4. The first-order valence-corrected chi connectivity index (χ1v) is 4.76. The number of allylic oxidation sites excluding steroid dienone is 1. The van der Waals surface area contributed by atoms with Crippen LogP contribution in [0, 0.1) is 5.92 Å². The highest BCUT2D eigenvalue weighted by molar-refractivity contribution is 5.07. The summed E-state index contributed by atoms with van der Waals surface area (Å²) < 4.78 is 5.16. The fourth-order valence-electron chi connectivity index (χ4n) is 1.77. The molecule has 1 aliphatic rings. The molecule has 1 aromatic rings. The number of hydrogen-bond donors (Lipinski definition) is 1. The van der Waals surface area contributed by atoms with Crippen LogP contribution in [0.1, 0.15) is 31.1 Å². The summed E-state index contributed by atoms with van der Waals surface area (Å²) in [5.41, 5.74) is 0. The van der Waals surface area contributed by atoms with E-state index in [-0.39, 0.29) is 5.92 Å². The molecule has 0 saturated heterocycles. The Morgan fingerprint density at radius 1 is 1.54 bits per heavy atom. The predicted molar refractivity (Wildman–Crippen MR) is 50.1 cm³/mol. The van der Waals surface area contributed by atoms with Crippen molar-refractivity contribution in [2.45, 2.75) is 25.4 Å². The lowest BCUT2D eigenvalue weighted by atomic mass is 9.90. The summed E-state index contributed by atoms with van der Waals surface area (Å²) in [5.74, 6) is 0.913. The molecule has 0 amide bonds. The van der Waals surface area contributed by atoms with E-state index >= 15 is 0 Å². The standard InChI is InChI=1S/C11H14O2/c12-11(10-7-4-8-13-10)9-5-2-1-3-6-9/h2,4-5,7-9,11-12H,1,3,6H2/t9-,11-/m1/s1. The van der Waals surface area contributed by atoms with E-state index < -0.39 is 6.10 Å². The van der Waals surface area contributed by atoms with Gasteiger partial charge in [0.1, 0.15) is 11.9 Å². The Kier molecular flexibility index (Phi) is 2.50. The average molecular weight is 178 g/mol. The molecule has 70 valence electrons. The Morgan fingerprint density at radius 3 is 3.08 bits per heavy atom. The van der Waals surface area contributed by atoms with E-state index in [0.29, 0.717) is 5.76 Å². The SMILES string of the molecule is O[C@@H](c1ccco1)[C@@H]1C=CCCC1. The Balaban J connectivity index is 2.08. The number of rotatable bonds is 2. The molecule has 0 aliphatic heterocycles. The first kappa shape index (κ1) is 8.57. The summed E-state index contributed by atoms with van der Waals surface area (Å²) in [6, 6.07) is 3.64. The predicted octanol–water partition coefficient (Wildman–Crippen LogP) is 2.67. The molecule has 0 bridgehead atoms. The minimum absolute atomic E-state index is 0.236. The third-order valence-electron chi connectivity index (χ3n) is 2.53. The van der Waals surface area contributed by atoms with E-state index in [0.717, 1.165) is 12.8 Å². The van der Waals surface area contributed by atoms with Gasteiger partial charge in [-0.2, -0.15) is 0 Å². The fourth-order valence-corrected chi connectivity index (χ4v) is 1.77. The van der Waals surface area contributed by atoms with Crippen LogP contribution in [0.2, 0.25) is 0 Å². The van der Waals surface area contributed by atoms with Crippen molar-refractivity contribution in [2.24, 2.45) is 5.92 Å². The minimum Gasteiger partial charge on any atom is -0.467 e. The van der Waals surface area contributed by atoms with Crippen LogP contribution in [-0.4, -0.2) is 5.11 Å². The van der Waals surface area contributed by atoms with Gasteiger partial charge in [0.25, 0.3) is 0 Å². The molecule has 2 atom stereocenters. The van der Waals surface area contributed by atoms with Gasteiger partial charge in [-0.15, -0.1) is 0 Å². The van der Waals surface area contributed by atoms with Gasteiger partial charge in [0, 0.05) is 5.92 Å². The van der Waals surface area contributed by atoms with Crippen molar-refractivity contribution in [1.29, 1.82) is 0 Å². The molecule has 2 heteroatoms. The fraction of sp³-hybridized carbons (Fsp3) is 0.455. The maximum Gasteiger partial charge on any atom is 0.132 e. The van der Waals surface area contributed by atoms with Crippen molar-refractivity contribution in [2.75, 3.05) is 0 Å². The molecule has 2 nitrogen and oxygen atoms in total. The van der Waals surface area contributed by atoms with Crippen molar-refractivity contribution >= 4 is 0 Å². The maximum atomic E-state index is 9.89. The zero-order valence-electron chi connectivity index (χ0n) is 7.52. The van der Waals surface area contributed by atoms with Crippen LogP contribution in [0.15, 0.2) is 35.0 Å². The molecule has 13 heavy (non-hydrogen) atoms. The lowest BCUT2D eigenvalue weighted by Crippen LogP contribution is -2.11. The lowest BCUT2D eigenvalue weighted by Gasteiger charge is -2.20. The van der Waals surface area contributed by atoms with Crippen molar-refractivity contribution in [1.82, 2.24) is 0 Å². The van der Waals surface area contributed by atoms with Gasteiger partial charge >= 0.3 is 0 Å². The molecule has 2 rings (SSSR count). The smallest absolute Gasteiger partial charge is 0.132 e. The average Bonchev–Trinajstić information content (AvgIpc) is 2.71. The van der Waals surface area contributed by atoms with Crippen LogP contribution >= 0.6 is 0 Å². The highest BCUT2D eigenvalue weighted by Crippen LogP contribution is 2.30. The van der Waals surface area contributed by atoms with E-state index in [4.69, 9.17) is 4.42 Å². The Morgan fingerprint density at radius 2 is 2.46 bits per heavy atom. The summed E-state index contributed by atoms with van der Waals surface area (Å²) in [5, 5.41) is 9.89. The number of aliphatic hydroxyl groups excluding tert-OH is 1. The Bertz CT molecular complexity index is 274. The number of hydrogen-bond acceptors (Lipinski definition) is 2. The van der Waals surface area contributed by atoms with Gasteiger partial charge < -0.3 is 9.52 Å². The van der Waals surface area contributed by atoms with Crippen LogP contribution in [0.4, 0.5) is 0 Å². The van der Waals surface area contributed by atoms with Crippen LogP contribution in [0.5, 0.6) is 0 Å². The second-order valence-corrected chi connectivity index (χ2v) is 3.48. The van der Waals surface area contributed by atoms with Gasteiger partial charge in [-0.1, -0.05) is 12.2 Å². The molecule has 0 spiro atoms. The third-order valence-corrected chi connectivity index (χ3v) is 2.53. The van der Waals surface area contributed by atoms with Gasteiger partial charge in [-0.3, -0.25) is 0 Å². The molecule has 0 saturated carbocycles. The molecule has 1 aliphatic carbocycles. The molecule has 0 fully saturated rings. The second kappa shape index (κ2) is 3.79. The van der Waals surface area contributed by atoms with Gasteiger partial charge in [0.05, 0.1) is 6.26 Å². The van der Waals surface area contributed by atoms with Gasteiger partial charge in [-0.05, 0) is 31.4 Å². The molecule has 1 heterocycles. The van der Waals surface area contributed by atoms with Crippen LogP contribution < -0.4 is 0 Å². The first-order chi connectivity index (χ1) is 6.38. The molecule has 1 N–H and O–H groups in total. The molecular weight excluding hydrogens is 164 g/mol. The molecule has 0 unspecified atom stereocenters. The summed E-state index contributed by atoms with van der Waals surface area (Å²) >= 11 is 0. The van der Waals surface area contributed by atoms with E-state index in [1.807, 2.05) is 12.1 Å². The largest absolute Gasteiger partial charge is 0.467 e. The molecular formula is C11H14O2. The number of aliphatic hydroxyl groups is 1. The summed E-state index contributed by atoms with van der Waals surface area (Å²) in [7, 11) is 0. The topological polar surface area (TPSA) is 33.4 Å². The quantitative estimate of drug-likeness (QED) is 0.706. The minimum atomic E-state index is -0.466. The Hall–Kier alpha value is -1.02. The van der Waals surface area contributed by atoms with E-state index in [1.54, 1.807) is 6.26 Å². The van der Waals surface area contributed by atoms with Crippen molar-refractivity contribution in [3.8, 4) is 0 Å². The molecule has 0 aromatic carbocycles. The zero-order chi connectivity index (χ0) is 9.10. The lowest BCUT2D eigenvalue weighted by molar-refractivity contribution is 0.0999. The van der Waals surface area contributed by atoms with E-state index in [9.17, 15) is 5.11 Å². The second-order valence-electron chi connectivity index (χ2n) is 3.48. The van der Waals surface area contributed by atoms with Gasteiger partial charge in [0.2, 0.25) is 0 Å².